The van der Waals surface area contributed by atoms with E-state index in [-0.39, 0.29) is 5.41 Å². The van der Waals surface area contributed by atoms with Crippen LogP contribution in [0.5, 0.6) is 0 Å². The summed E-state index contributed by atoms with van der Waals surface area (Å²) in [5.41, 5.74) is 2.37. The summed E-state index contributed by atoms with van der Waals surface area (Å²) in [6.45, 7) is 12.3. The van der Waals surface area contributed by atoms with Crippen LogP contribution in [0.25, 0.3) is 0 Å². The van der Waals surface area contributed by atoms with Gasteiger partial charge in [0.05, 0.1) is 5.69 Å². The highest BCUT2D eigenvalue weighted by Crippen LogP contribution is 2.23. The average Bonchev–Trinajstić information content (AvgIpc) is 2.50. The molecular weight excluding hydrogens is 160 g/mol. The fourth-order valence-corrected chi connectivity index (χ4v) is 1.08. The van der Waals surface area contributed by atoms with Crippen molar-refractivity contribution in [3.63, 3.8) is 0 Å². The number of allylic oxidation sites excluding steroid dienone is 1. The Kier molecular flexibility index (Phi) is 2.60. The Bertz CT molecular complexity index is 291. The first-order valence-corrected chi connectivity index (χ1v) is 4.63. The van der Waals surface area contributed by atoms with Crippen molar-refractivity contribution in [2.24, 2.45) is 0 Å². The molecular formula is C11H18N2. The first-order valence-electron chi connectivity index (χ1n) is 4.63. The molecule has 1 unspecified atom stereocenters. The highest BCUT2D eigenvalue weighted by molar-refractivity contribution is 5.20. The molecule has 2 heteroatoms. The van der Waals surface area contributed by atoms with Crippen LogP contribution in [0.1, 0.15) is 45.0 Å². The SMILES string of the molecule is C=CC(C)c1cc(C(C)(C)C)n[nH]1. The third kappa shape index (κ3) is 2.20. The second-order valence-corrected chi connectivity index (χ2v) is 4.48. The lowest BCUT2D eigenvalue weighted by molar-refractivity contribution is 0.567. The number of rotatable bonds is 2. The third-order valence-corrected chi connectivity index (χ3v) is 2.21. The van der Waals surface area contributed by atoms with E-state index >= 15 is 0 Å². The molecule has 0 saturated carbocycles. The monoisotopic (exact) mass is 178 g/mol. The van der Waals surface area contributed by atoms with Crippen molar-refractivity contribution in [3.05, 3.63) is 30.1 Å². The molecule has 0 radical (unpaired) electrons. The Morgan fingerprint density at radius 1 is 1.54 bits per heavy atom. The highest BCUT2D eigenvalue weighted by Gasteiger charge is 2.18. The molecule has 0 aliphatic heterocycles. The molecule has 1 atom stereocenters. The van der Waals surface area contributed by atoms with Crippen LogP contribution in [0.2, 0.25) is 0 Å². The van der Waals surface area contributed by atoms with Crippen LogP contribution < -0.4 is 0 Å². The van der Waals surface area contributed by atoms with Crippen LogP contribution in [0.15, 0.2) is 18.7 Å². The lowest BCUT2D eigenvalue weighted by Crippen LogP contribution is -2.11. The van der Waals surface area contributed by atoms with E-state index in [2.05, 4.69) is 50.5 Å². The number of aromatic amines is 1. The van der Waals surface area contributed by atoms with E-state index in [1.165, 1.54) is 0 Å². The van der Waals surface area contributed by atoms with Gasteiger partial charge in [0.2, 0.25) is 0 Å². The van der Waals surface area contributed by atoms with Crippen molar-refractivity contribution in [3.8, 4) is 0 Å². The van der Waals surface area contributed by atoms with Crippen LogP contribution in [0, 0.1) is 0 Å². The fraction of sp³-hybridized carbons (Fsp3) is 0.545. The molecule has 0 aliphatic carbocycles. The van der Waals surface area contributed by atoms with Gasteiger partial charge < -0.3 is 0 Å². The van der Waals surface area contributed by atoms with Crippen LogP contribution in [-0.2, 0) is 5.41 Å². The summed E-state index contributed by atoms with van der Waals surface area (Å²) in [5, 5.41) is 7.33. The quantitative estimate of drug-likeness (QED) is 0.693. The van der Waals surface area contributed by atoms with Gasteiger partial charge in [-0.25, -0.2) is 0 Å². The molecule has 0 spiro atoms. The topological polar surface area (TPSA) is 28.7 Å². The Hall–Kier alpha value is -1.05. The van der Waals surface area contributed by atoms with E-state index in [9.17, 15) is 0 Å². The van der Waals surface area contributed by atoms with E-state index in [0.717, 1.165) is 11.4 Å². The minimum atomic E-state index is 0.121. The average molecular weight is 178 g/mol. The number of aromatic nitrogens is 2. The van der Waals surface area contributed by atoms with Crippen LogP contribution in [0.4, 0.5) is 0 Å². The summed E-state index contributed by atoms with van der Waals surface area (Å²) >= 11 is 0. The summed E-state index contributed by atoms with van der Waals surface area (Å²) < 4.78 is 0. The smallest absolute Gasteiger partial charge is 0.0678 e. The molecule has 0 fully saturated rings. The number of nitrogens with zero attached hydrogens (tertiary/aromatic N) is 1. The van der Waals surface area contributed by atoms with E-state index in [0.29, 0.717) is 5.92 Å². The largest absolute Gasteiger partial charge is 0.282 e. The summed E-state index contributed by atoms with van der Waals surface area (Å²) in [6, 6.07) is 2.12. The van der Waals surface area contributed by atoms with Gasteiger partial charge in [0.15, 0.2) is 0 Å². The normalized spacial score (nSPS) is 14.2. The molecule has 72 valence electrons. The zero-order valence-corrected chi connectivity index (χ0v) is 8.89. The van der Waals surface area contributed by atoms with Crippen molar-refractivity contribution in [1.82, 2.24) is 10.2 Å². The van der Waals surface area contributed by atoms with E-state index in [1.807, 2.05) is 6.08 Å². The van der Waals surface area contributed by atoms with Crippen LogP contribution in [-0.4, -0.2) is 10.2 Å². The third-order valence-electron chi connectivity index (χ3n) is 2.21. The van der Waals surface area contributed by atoms with Gasteiger partial charge in [-0.05, 0) is 6.07 Å². The van der Waals surface area contributed by atoms with Crippen LogP contribution in [0.3, 0.4) is 0 Å². The van der Waals surface area contributed by atoms with Crippen molar-refractivity contribution in [2.75, 3.05) is 0 Å². The molecule has 0 amide bonds. The van der Waals surface area contributed by atoms with Crippen molar-refractivity contribution in [2.45, 2.75) is 39.0 Å². The zero-order chi connectivity index (χ0) is 10.1. The van der Waals surface area contributed by atoms with E-state index < -0.39 is 0 Å². The van der Waals surface area contributed by atoms with Gasteiger partial charge in [0, 0.05) is 17.0 Å². The Balaban J connectivity index is 2.93. The lowest BCUT2D eigenvalue weighted by Gasteiger charge is -2.13. The summed E-state index contributed by atoms with van der Waals surface area (Å²) in [4.78, 5) is 0. The predicted octanol–water partition coefficient (Wildman–Crippen LogP) is 3.00. The first kappa shape index (κ1) is 10.0. The lowest BCUT2D eigenvalue weighted by atomic mass is 9.91. The molecule has 1 heterocycles. The fourth-order valence-electron chi connectivity index (χ4n) is 1.08. The summed E-state index contributed by atoms with van der Waals surface area (Å²) in [6.07, 6.45) is 1.92. The van der Waals surface area contributed by atoms with Gasteiger partial charge in [-0.15, -0.1) is 6.58 Å². The molecule has 0 aromatic carbocycles. The number of H-pyrrole nitrogens is 1. The maximum atomic E-state index is 4.28. The number of nitrogens with one attached hydrogen (secondary N) is 1. The molecule has 1 N–H and O–H groups in total. The molecule has 0 bridgehead atoms. The molecule has 1 rings (SSSR count). The Morgan fingerprint density at radius 3 is 2.54 bits per heavy atom. The molecule has 1 aromatic rings. The number of hydrogen-bond acceptors (Lipinski definition) is 1. The van der Waals surface area contributed by atoms with Gasteiger partial charge in [-0.2, -0.15) is 5.10 Å². The highest BCUT2D eigenvalue weighted by atomic mass is 15.1. The molecule has 2 nitrogen and oxygen atoms in total. The van der Waals surface area contributed by atoms with Crippen molar-refractivity contribution >= 4 is 0 Å². The predicted molar refractivity (Wildman–Crippen MR) is 55.9 cm³/mol. The van der Waals surface area contributed by atoms with Crippen molar-refractivity contribution < 1.29 is 0 Å². The standard InChI is InChI=1S/C11H18N2/c1-6-8(2)9-7-10(13-12-9)11(3,4)5/h6-8H,1H2,2-5H3,(H,12,13). The van der Waals surface area contributed by atoms with E-state index in [1.54, 1.807) is 0 Å². The second kappa shape index (κ2) is 3.36. The van der Waals surface area contributed by atoms with Gasteiger partial charge >= 0.3 is 0 Å². The van der Waals surface area contributed by atoms with Crippen LogP contribution >= 0.6 is 0 Å². The minimum absolute atomic E-state index is 0.121. The maximum Gasteiger partial charge on any atom is 0.0678 e. The molecule has 0 aliphatic rings. The minimum Gasteiger partial charge on any atom is -0.282 e. The van der Waals surface area contributed by atoms with Crippen molar-refractivity contribution in [1.29, 1.82) is 0 Å². The van der Waals surface area contributed by atoms with Gasteiger partial charge in [-0.3, -0.25) is 5.10 Å². The molecule has 13 heavy (non-hydrogen) atoms. The molecule has 1 aromatic heterocycles. The second-order valence-electron chi connectivity index (χ2n) is 4.48. The molecule has 0 saturated heterocycles. The number of hydrogen-bond donors (Lipinski definition) is 1. The van der Waals surface area contributed by atoms with Gasteiger partial charge in [0.25, 0.3) is 0 Å². The zero-order valence-electron chi connectivity index (χ0n) is 8.89. The summed E-state index contributed by atoms with van der Waals surface area (Å²) in [7, 11) is 0. The van der Waals surface area contributed by atoms with Gasteiger partial charge in [0.1, 0.15) is 0 Å². The Labute approximate surface area is 80.1 Å². The van der Waals surface area contributed by atoms with E-state index in [4.69, 9.17) is 0 Å². The first-order chi connectivity index (χ1) is 5.95. The van der Waals surface area contributed by atoms with Gasteiger partial charge in [-0.1, -0.05) is 33.8 Å². The Morgan fingerprint density at radius 2 is 2.15 bits per heavy atom. The maximum absolute atomic E-state index is 4.28. The summed E-state index contributed by atoms with van der Waals surface area (Å²) in [5.74, 6) is 0.351.